The highest BCUT2D eigenvalue weighted by molar-refractivity contribution is 7.99. The lowest BCUT2D eigenvalue weighted by Gasteiger charge is -2.26. The van der Waals surface area contributed by atoms with Gasteiger partial charge >= 0.3 is 0 Å². The van der Waals surface area contributed by atoms with Crippen molar-refractivity contribution < 1.29 is 4.79 Å². The van der Waals surface area contributed by atoms with Gasteiger partial charge in [0.2, 0.25) is 5.91 Å². The van der Waals surface area contributed by atoms with Crippen LogP contribution in [0.3, 0.4) is 0 Å². The Morgan fingerprint density at radius 2 is 1.95 bits per heavy atom. The minimum Gasteiger partial charge on any atom is -0.384 e. The first-order valence-electron chi connectivity index (χ1n) is 7.08. The van der Waals surface area contributed by atoms with Crippen molar-refractivity contribution >= 4 is 29.2 Å². The predicted octanol–water partition coefficient (Wildman–Crippen LogP) is 2.90. The fourth-order valence-corrected chi connectivity index (χ4v) is 2.91. The molecule has 1 heterocycles. The molecule has 1 amide bonds. The van der Waals surface area contributed by atoms with E-state index in [-0.39, 0.29) is 17.7 Å². The molecular formula is C16H20N4OS. The number of hydrogen-bond acceptors (Lipinski definition) is 5. The number of aryl methyl sites for hydroxylation is 1. The van der Waals surface area contributed by atoms with Crippen molar-refractivity contribution in [3.05, 3.63) is 42.1 Å². The predicted molar refractivity (Wildman–Crippen MR) is 91.0 cm³/mol. The van der Waals surface area contributed by atoms with E-state index in [1.54, 1.807) is 11.0 Å². The Labute approximate surface area is 135 Å². The smallest absolute Gasteiger partial charge is 0.237 e. The summed E-state index contributed by atoms with van der Waals surface area (Å²) >= 11 is 1.30. The van der Waals surface area contributed by atoms with Gasteiger partial charge in [-0.05, 0) is 32.9 Å². The maximum atomic E-state index is 12.5. The Hall–Kier alpha value is -2.08. The Balaban J connectivity index is 2.09. The summed E-state index contributed by atoms with van der Waals surface area (Å²) in [5.74, 6) is 0.719. The van der Waals surface area contributed by atoms with Crippen LogP contribution in [0.2, 0.25) is 0 Å². The minimum atomic E-state index is 0.0230. The lowest BCUT2D eigenvalue weighted by Crippen LogP contribution is -2.38. The van der Waals surface area contributed by atoms with Crippen LogP contribution in [-0.2, 0) is 4.79 Å². The molecule has 0 aliphatic rings. The van der Waals surface area contributed by atoms with Gasteiger partial charge in [-0.25, -0.2) is 9.97 Å². The van der Waals surface area contributed by atoms with Gasteiger partial charge in [0.15, 0.2) is 5.16 Å². The molecule has 0 aliphatic heterocycles. The third-order valence-electron chi connectivity index (χ3n) is 3.00. The molecule has 0 aliphatic carbocycles. The van der Waals surface area contributed by atoms with Gasteiger partial charge in [-0.1, -0.05) is 30.0 Å². The summed E-state index contributed by atoms with van der Waals surface area (Å²) in [6.07, 6.45) is 0. The molecule has 0 fully saturated rings. The fraction of sp³-hybridized carbons (Fsp3) is 0.312. The van der Waals surface area contributed by atoms with Gasteiger partial charge in [0.1, 0.15) is 5.82 Å². The lowest BCUT2D eigenvalue weighted by molar-refractivity contribution is -0.116. The highest BCUT2D eigenvalue weighted by Crippen LogP contribution is 2.21. The summed E-state index contributed by atoms with van der Waals surface area (Å²) in [5, 5.41) is 0.530. The number of anilines is 2. The van der Waals surface area contributed by atoms with E-state index in [0.29, 0.717) is 11.0 Å². The van der Waals surface area contributed by atoms with Gasteiger partial charge in [-0.15, -0.1) is 0 Å². The first-order chi connectivity index (χ1) is 10.5. The molecule has 0 unspecified atom stereocenters. The number of nitrogen functional groups attached to an aromatic ring is 1. The Morgan fingerprint density at radius 1 is 1.27 bits per heavy atom. The van der Waals surface area contributed by atoms with Crippen LogP contribution in [0.1, 0.15) is 19.5 Å². The summed E-state index contributed by atoms with van der Waals surface area (Å²) in [6.45, 7) is 5.85. The quantitative estimate of drug-likeness (QED) is 0.678. The molecular weight excluding hydrogens is 296 g/mol. The lowest BCUT2D eigenvalue weighted by atomic mass is 10.2. The topological polar surface area (TPSA) is 72.1 Å². The van der Waals surface area contributed by atoms with Crippen molar-refractivity contribution in [3.63, 3.8) is 0 Å². The number of nitrogens with two attached hydrogens (primary N) is 1. The standard InChI is InChI=1S/C16H20N4OS/c1-11(2)20(13-7-5-4-6-8-13)15(21)10-22-16-18-12(3)9-14(17)19-16/h4-9,11H,10H2,1-3H3,(H2,17,18,19). The number of amides is 1. The molecule has 0 spiro atoms. The number of nitrogens with zero attached hydrogens (tertiary/aromatic N) is 3. The Morgan fingerprint density at radius 3 is 2.55 bits per heavy atom. The summed E-state index contributed by atoms with van der Waals surface area (Å²) in [7, 11) is 0. The van der Waals surface area contributed by atoms with Crippen LogP contribution in [0.25, 0.3) is 0 Å². The van der Waals surface area contributed by atoms with Crippen LogP contribution in [0, 0.1) is 6.92 Å². The van der Waals surface area contributed by atoms with E-state index >= 15 is 0 Å². The van der Waals surface area contributed by atoms with Gasteiger partial charge in [0.25, 0.3) is 0 Å². The van der Waals surface area contributed by atoms with Crippen LogP contribution < -0.4 is 10.6 Å². The third kappa shape index (κ3) is 4.21. The molecule has 2 rings (SSSR count). The van der Waals surface area contributed by atoms with Gasteiger partial charge in [0, 0.05) is 23.5 Å². The van der Waals surface area contributed by atoms with E-state index in [9.17, 15) is 4.79 Å². The first-order valence-corrected chi connectivity index (χ1v) is 8.07. The summed E-state index contributed by atoms with van der Waals surface area (Å²) in [6, 6.07) is 11.4. The normalized spacial score (nSPS) is 10.7. The number of hydrogen-bond donors (Lipinski definition) is 1. The van der Waals surface area contributed by atoms with Crippen LogP contribution >= 0.6 is 11.8 Å². The molecule has 0 bridgehead atoms. The molecule has 2 aromatic rings. The first kappa shape index (κ1) is 16.3. The van der Waals surface area contributed by atoms with E-state index in [2.05, 4.69) is 9.97 Å². The number of thioether (sulfide) groups is 1. The molecule has 6 heteroatoms. The van der Waals surface area contributed by atoms with E-state index in [1.807, 2.05) is 51.1 Å². The molecule has 0 radical (unpaired) electrons. The van der Waals surface area contributed by atoms with Crippen molar-refractivity contribution in [1.29, 1.82) is 0 Å². The second-order valence-electron chi connectivity index (χ2n) is 5.20. The summed E-state index contributed by atoms with van der Waals surface area (Å²) in [5.41, 5.74) is 7.40. The average molecular weight is 316 g/mol. The highest BCUT2D eigenvalue weighted by atomic mass is 32.2. The maximum absolute atomic E-state index is 12.5. The number of rotatable bonds is 5. The van der Waals surface area contributed by atoms with Crippen LogP contribution in [0.4, 0.5) is 11.5 Å². The molecule has 0 saturated carbocycles. The Bertz CT molecular complexity index is 626. The molecule has 22 heavy (non-hydrogen) atoms. The SMILES string of the molecule is Cc1cc(N)nc(SCC(=O)N(c2ccccc2)C(C)C)n1. The molecule has 1 aromatic heterocycles. The van der Waals surface area contributed by atoms with Gasteiger partial charge in [-0.3, -0.25) is 4.79 Å². The van der Waals surface area contributed by atoms with Crippen LogP contribution in [0.15, 0.2) is 41.6 Å². The number of para-hydroxylation sites is 1. The van der Waals surface area contributed by atoms with Gasteiger partial charge < -0.3 is 10.6 Å². The van der Waals surface area contributed by atoms with Crippen molar-refractivity contribution in [2.45, 2.75) is 32.0 Å². The number of carbonyl (C=O) groups excluding carboxylic acids is 1. The second kappa shape index (κ2) is 7.26. The van der Waals surface area contributed by atoms with Gasteiger partial charge in [0.05, 0.1) is 5.75 Å². The monoisotopic (exact) mass is 316 g/mol. The van der Waals surface area contributed by atoms with Crippen molar-refractivity contribution in [3.8, 4) is 0 Å². The second-order valence-corrected chi connectivity index (χ2v) is 6.14. The van der Waals surface area contributed by atoms with E-state index in [4.69, 9.17) is 5.73 Å². The van der Waals surface area contributed by atoms with Crippen molar-refractivity contribution in [1.82, 2.24) is 9.97 Å². The molecule has 1 aromatic carbocycles. The molecule has 2 N–H and O–H groups in total. The zero-order valence-corrected chi connectivity index (χ0v) is 13.8. The largest absolute Gasteiger partial charge is 0.384 e. The average Bonchev–Trinajstić information content (AvgIpc) is 2.45. The third-order valence-corrected chi connectivity index (χ3v) is 3.83. The van der Waals surface area contributed by atoms with E-state index in [0.717, 1.165) is 11.4 Å². The van der Waals surface area contributed by atoms with Crippen molar-refractivity contribution in [2.75, 3.05) is 16.4 Å². The minimum absolute atomic E-state index is 0.0230. The summed E-state index contributed by atoms with van der Waals surface area (Å²) in [4.78, 5) is 22.8. The molecule has 5 nitrogen and oxygen atoms in total. The molecule has 0 saturated heterocycles. The number of benzene rings is 1. The van der Waals surface area contributed by atoms with E-state index < -0.39 is 0 Å². The zero-order chi connectivity index (χ0) is 16.1. The van der Waals surface area contributed by atoms with Crippen LogP contribution in [-0.4, -0.2) is 27.7 Å². The molecule has 0 atom stereocenters. The Kier molecular flexibility index (Phi) is 5.38. The zero-order valence-electron chi connectivity index (χ0n) is 13.0. The number of carbonyl (C=O) groups is 1. The van der Waals surface area contributed by atoms with Crippen LogP contribution in [0.5, 0.6) is 0 Å². The van der Waals surface area contributed by atoms with Gasteiger partial charge in [-0.2, -0.15) is 0 Å². The highest BCUT2D eigenvalue weighted by Gasteiger charge is 2.19. The van der Waals surface area contributed by atoms with E-state index in [1.165, 1.54) is 11.8 Å². The van der Waals surface area contributed by atoms with Crippen molar-refractivity contribution in [2.24, 2.45) is 0 Å². The maximum Gasteiger partial charge on any atom is 0.237 e. The number of aromatic nitrogens is 2. The fourth-order valence-electron chi connectivity index (χ4n) is 2.14. The molecule has 116 valence electrons. The summed E-state index contributed by atoms with van der Waals surface area (Å²) < 4.78 is 0.